The predicted molar refractivity (Wildman–Crippen MR) is 66.8 cm³/mol. The Morgan fingerprint density at radius 3 is 2.71 bits per heavy atom. The Balaban J connectivity index is 1.99. The first-order chi connectivity index (χ1) is 8.18. The van der Waals surface area contributed by atoms with Crippen LogP contribution in [0, 0.1) is 5.92 Å². The van der Waals surface area contributed by atoms with Gasteiger partial charge in [0.1, 0.15) is 0 Å². The van der Waals surface area contributed by atoms with E-state index in [4.69, 9.17) is 5.11 Å². The topological polar surface area (TPSA) is 49.3 Å². The maximum atomic E-state index is 11.1. The number of carboxylic acid groups (broad SMARTS) is 1. The zero-order chi connectivity index (χ0) is 12.3. The largest absolute Gasteiger partial charge is 0.481 e. The van der Waals surface area contributed by atoms with Crippen molar-refractivity contribution in [2.75, 3.05) is 0 Å². The van der Waals surface area contributed by atoms with Crippen molar-refractivity contribution >= 4 is 5.97 Å². The molecule has 1 aliphatic rings. The van der Waals surface area contributed by atoms with E-state index in [2.05, 4.69) is 24.4 Å². The second-order valence-corrected chi connectivity index (χ2v) is 4.78. The van der Waals surface area contributed by atoms with Crippen molar-refractivity contribution in [3.8, 4) is 0 Å². The molecule has 3 atom stereocenters. The van der Waals surface area contributed by atoms with Gasteiger partial charge in [0.25, 0.3) is 0 Å². The van der Waals surface area contributed by atoms with E-state index in [1.54, 1.807) is 0 Å². The highest BCUT2D eigenvalue weighted by atomic mass is 16.4. The summed E-state index contributed by atoms with van der Waals surface area (Å²) in [6.45, 7) is 2.09. The number of hydrogen-bond acceptors (Lipinski definition) is 2. The fourth-order valence-corrected chi connectivity index (χ4v) is 2.61. The van der Waals surface area contributed by atoms with Crippen LogP contribution in [-0.4, -0.2) is 17.1 Å². The van der Waals surface area contributed by atoms with Crippen molar-refractivity contribution < 1.29 is 9.90 Å². The van der Waals surface area contributed by atoms with Gasteiger partial charge >= 0.3 is 5.97 Å². The van der Waals surface area contributed by atoms with Crippen molar-refractivity contribution in [1.82, 2.24) is 5.32 Å². The van der Waals surface area contributed by atoms with Gasteiger partial charge in [0.2, 0.25) is 0 Å². The van der Waals surface area contributed by atoms with Gasteiger partial charge in [-0.15, -0.1) is 0 Å². The Morgan fingerprint density at radius 1 is 1.35 bits per heavy atom. The number of benzene rings is 1. The minimum atomic E-state index is -0.666. The van der Waals surface area contributed by atoms with Crippen LogP contribution < -0.4 is 5.32 Å². The minimum Gasteiger partial charge on any atom is -0.481 e. The number of rotatable bonds is 4. The molecule has 1 saturated carbocycles. The SMILES string of the molecule is C[C@H](N[C@H]1CCC[C@@H]1C(=O)O)c1ccccc1. The highest BCUT2D eigenvalue weighted by Crippen LogP contribution is 2.28. The van der Waals surface area contributed by atoms with Crippen LogP contribution in [0.4, 0.5) is 0 Å². The first-order valence-electron chi connectivity index (χ1n) is 6.22. The molecule has 3 nitrogen and oxygen atoms in total. The molecular weight excluding hydrogens is 214 g/mol. The average Bonchev–Trinajstić information content (AvgIpc) is 2.78. The van der Waals surface area contributed by atoms with E-state index >= 15 is 0 Å². The van der Waals surface area contributed by atoms with E-state index in [9.17, 15) is 4.79 Å². The average molecular weight is 233 g/mol. The van der Waals surface area contributed by atoms with Crippen LogP contribution in [0.5, 0.6) is 0 Å². The molecular formula is C14H19NO2. The zero-order valence-electron chi connectivity index (χ0n) is 10.1. The lowest BCUT2D eigenvalue weighted by atomic mass is 10.0. The van der Waals surface area contributed by atoms with Gasteiger partial charge < -0.3 is 10.4 Å². The molecule has 1 aliphatic carbocycles. The standard InChI is InChI=1S/C14H19NO2/c1-10(11-6-3-2-4-7-11)15-13-9-5-8-12(13)14(16)17/h2-4,6-7,10,12-13,15H,5,8-9H2,1H3,(H,16,17)/t10-,12-,13-/m0/s1. The van der Waals surface area contributed by atoms with Gasteiger partial charge in [0, 0.05) is 12.1 Å². The summed E-state index contributed by atoms with van der Waals surface area (Å²) in [7, 11) is 0. The van der Waals surface area contributed by atoms with Crippen molar-refractivity contribution in [2.24, 2.45) is 5.92 Å². The van der Waals surface area contributed by atoms with E-state index in [-0.39, 0.29) is 18.0 Å². The first-order valence-corrected chi connectivity index (χ1v) is 6.22. The fourth-order valence-electron chi connectivity index (χ4n) is 2.61. The normalized spacial score (nSPS) is 25.7. The molecule has 3 heteroatoms. The van der Waals surface area contributed by atoms with E-state index in [0.29, 0.717) is 0 Å². The molecule has 0 amide bonds. The summed E-state index contributed by atoms with van der Waals surface area (Å²) in [5.74, 6) is -0.888. The smallest absolute Gasteiger partial charge is 0.308 e. The molecule has 17 heavy (non-hydrogen) atoms. The summed E-state index contributed by atoms with van der Waals surface area (Å²) in [5.41, 5.74) is 1.21. The Hall–Kier alpha value is -1.35. The minimum absolute atomic E-state index is 0.114. The monoisotopic (exact) mass is 233 g/mol. The summed E-state index contributed by atoms with van der Waals surface area (Å²) in [6, 6.07) is 10.5. The summed E-state index contributed by atoms with van der Waals surface area (Å²) in [6.07, 6.45) is 2.78. The molecule has 1 aromatic rings. The van der Waals surface area contributed by atoms with Gasteiger partial charge in [-0.25, -0.2) is 0 Å². The first kappa shape index (κ1) is 12.1. The van der Waals surface area contributed by atoms with Crippen molar-refractivity contribution in [1.29, 1.82) is 0 Å². The van der Waals surface area contributed by atoms with Gasteiger partial charge in [-0.3, -0.25) is 4.79 Å². The van der Waals surface area contributed by atoms with Crippen LogP contribution in [0.2, 0.25) is 0 Å². The van der Waals surface area contributed by atoms with Crippen molar-refractivity contribution in [3.05, 3.63) is 35.9 Å². The Bertz CT molecular complexity index is 377. The number of carboxylic acids is 1. The van der Waals surface area contributed by atoms with E-state index in [1.165, 1.54) is 5.56 Å². The van der Waals surface area contributed by atoms with Crippen molar-refractivity contribution in [3.63, 3.8) is 0 Å². The molecule has 0 saturated heterocycles. The van der Waals surface area contributed by atoms with Crippen LogP contribution in [0.1, 0.15) is 37.8 Å². The Labute approximate surface area is 102 Å². The molecule has 0 heterocycles. The fraction of sp³-hybridized carbons (Fsp3) is 0.500. The molecule has 0 aliphatic heterocycles. The number of nitrogens with one attached hydrogen (secondary N) is 1. The number of carbonyl (C=O) groups is 1. The van der Waals surface area contributed by atoms with Crippen LogP contribution >= 0.6 is 0 Å². The van der Waals surface area contributed by atoms with E-state index in [0.717, 1.165) is 19.3 Å². The molecule has 0 spiro atoms. The Morgan fingerprint density at radius 2 is 2.06 bits per heavy atom. The van der Waals surface area contributed by atoms with Gasteiger partial charge in [-0.2, -0.15) is 0 Å². The van der Waals surface area contributed by atoms with Crippen LogP contribution in [0.15, 0.2) is 30.3 Å². The second-order valence-electron chi connectivity index (χ2n) is 4.78. The second kappa shape index (κ2) is 5.32. The summed E-state index contributed by atoms with van der Waals surface area (Å²) >= 11 is 0. The van der Waals surface area contributed by atoms with Crippen LogP contribution in [-0.2, 0) is 4.79 Å². The van der Waals surface area contributed by atoms with Gasteiger partial charge in [-0.05, 0) is 25.3 Å². The zero-order valence-corrected chi connectivity index (χ0v) is 10.1. The number of aliphatic carboxylic acids is 1. The van der Waals surface area contributed by atoms with E-state index in [1.807, 2.05) is 18.2 Å². The highest BCUT2D eigenvalue weighted by molar-refractivity contribution is 5.71. The van der Waals surface area contributed by atoms with Crippen molar-refractivity contribution in [2.45, 2.75) is 38.3 Å². The third-order valence-electron chi connectivity index (χ3n) is 3.60. The predicted octanol–water partition coefficient (Wildman–Crippen LogP) is 2.59. The van der Waals surface area contributed by atoms with Gasteiger partial charge in [0.05, 0.1) is 5.92 Å². The van der Waals surface area contributed by atoms with Crippen LogP contribution in [0.25, 0.3) is 0 Å². The quantitative estimate of drug-likeness (QED) is 0.840. The molecule has 0 unspecified atom stereocenters. The van der Waals surface area contributed by atoms with Gasteiger partial charge in [0.15, 0.2) is 0 Å². The maximum absolute atomic E-state index is 11.1. The van der Waals surface area contributed by atoms with Crippen LogP contribution in [0.3, 0.4) is 0 Å². The molecule has 92 valence electrons. The molecule has 2 rings (SSSR count). The molecule has 0 radical (unpaired) electrons. The lowest BCUT2D eigenvalue weighted by Gasteiger charge is -2.23. The lowest BCUT2D eigenvalue weighted by Crippen LogP contribution is -2.37. The third kappa shape index (κ3) is 2.86. The number of hydrogen-bond donors (Lipinski definition) is 2. The third-order valence-corrected chi connectivity index (χ3v) is 3.60. The summed E-state index contributed by atoms with van der Waals surface area (Å²) < 4.78 is 0. The molecule has 0 aromatic heterocycles. The lowest BCUT2D eigenvalue weighted by molar-refractivity contribution is -0.142. The molecule has 1 fully saturated rings. The van der Waals surface area contributed by atoms with E-state index < -0.39 is 5.97 Å². The summed E-state index contributed by atoms with van der Waals surface area (Å²) in [5, 5.41) is 12.6. The Kier molecular flexibility index (Phi) is 3.79. The maximum Gasteiger partial charge on any atom is 0.308 e. The summed E-state index contributed by atoms with van der Waals surface area (Å²) in [4.78, 5) is 11.1. The molecule has 0 bridgehead atoms. The molecule has 2 N–H and O–H groups in total. The van der Waals surface area contributed by atoms with Gasteiger partial charge in [-0.1, -0.05) is 36.8 Å². The highest BCUT2D eigenvalue weighted by Gasteiger charge is 2.33. The molecule has 1 aromatic carbocycles.